The molecule has 1 atom stereocenters. The lowest BCUT2D eigenvalue weighted by molar-refractivity contribution is 0.313. The zero-order valence-corrected chi connectivity index (χ0v) is 8.61. The normalized spacial score (nSPS) is 27.4. The van der Waals surface area contributed by atoms with Gasteiger partial charge >= 0.3 is 0 Å². The zero-order chi connectivity index (χ0) is 10.8. The van der Waals surface area contributed by atoms with Crippen molar-refractivity contribution in [3.63, 3.8) is 0 Å². The minimum atomic E-state index is -0.558. The van der Waals surface area contributed by atoms with Gasteiger partial charge in [-0.1, -0.05) is 0 Å². The maximum Gasteiger partial charge on any atom is 0.198 e. The predicted octanol–water partition coefficient (Wildman–Crippen LogP) is -0.598. The van der Waals surface area contributed by atoms with Crippen LogP contribution in [0.3, 0.4) is 0 Å². The van der Waals surface area contributed by atoms with Crippen molar-refractivity contribution in [1.29, 1.82) is 0 Å². The summed E-state index contributed by atoms with van der Waals surface area (Å²) in [5, 5.41) is 12.4. The lowest BCUT2D eigenvalue weighted by Gasteiger charge is -2.32. The molecule has 0 aromatic rings. The third-order valence-electron chi connectivity index (χ3n) is 2.69. The second-order valence-electron chi connectivity index (χ2n) is 3.85. The summed E-state index contributed by atoms with van der Waals surface area (Å²) in [5.74, 6) is 0.745. The quantitative estimate of drug-likeness (QED) is 0.429. The van der Waals surface area contributed by atoms with Crippen molar-refractivity contribution >= 4 is 5.84 Å². The van der Waals surface area contributed by atoms with Gasteiger partial charge in [-0.15, -0.1) is 0 Å². The molecule has 2 rings (SSSR count). The third-order valence-corrected chi connectivity index (χ3v) is 2.69. The molecule has 15 heavy (non-hydrogen) atoms. The molecule has 6 N–H and O–H groups in total. The SMILES string of the molecule is NC1=C(O)C(N2CCCCC2)=NC(N)N1. The molecule has 1 unspecified atom stereocenters. The first kappa shape index (κ1) is 10.1. The van der Waals surface area contributed by atoms with E-state index in [2.05, 4.69) is 10.3 Å². The molecule has 0 radical (unpaired) electrons. The third kappa shape index (κ3) is 1.99. The van der Waals surface area contributed by atoms with E-state index >= 15 is 0 Å². The number of nitrogens with two attached hydrogens (primary N) is 2. The van der Waals surface area contributed by atoms with Crippen LogP contribution in [0.25, 0.3) is 0 Å². The average molecular weight is 211 g/mol. The molecule has 1 fully saturated rings. The lowest BCUT2D eigenvalue weighted by atomic mass is 10.1. The number of nitrogens with zero attached hydrogens (tertiary/aromatic N) is 2. The Labute approximate surface area is 88.6 Å². The van der Waals surface area contributed by atoms with Crippen LogP contribution in [-0.2, 0) is 0 Å². The number of aliphatic imine (C=N–C) groups is 1. The van der Waals surface area contributed by atoms with Crippen LogP contribution in [-0.4, -0.2) is 35.2 Å². The maximum atomic E-state index is 9.77. The highest BCUT2D eigenvalue weighted by Crippen LogP contribution is 2.15. The Morgan fingerprint density at radius 3 is 2.67 bits per heavy atom. The monoisotopic (exact) mass is 211 g/mol. The second kappa shape index (κ2) is 3.98. The van der Waals surface area contributed by atoms with Gasteiger partial charge < -0.3 is 21.1 Å². The minimum Gasteiger partial charge on any atom is -0.502 e. The number of likely N-dealkylation sites (tertiary alicyclic amines) is 1. The van der Waals surface area contributed by atoms with E-state index in [4.69, 9.17) is 11.5 Å². The van der Waals surface area contributed by atoms with Crippen LogP contribution < -0.4 is 16.8 Å². The molecule has 0 spiro atoms. The van der Waals surface area contributed by atoms with Crippen molar-refractivity contribution in [1.82, 2.24) is 10.2 Å². The Morgan fingerprint density at radius 2 is 2.00 bits per heavy atom. The van der Waals surface area contributed by atoms with Gasteiger partial charge in [-0.3, -0.25) is 5.73 Å². The summed E-state index contributed by atoms with van der Waals surface area (Å²) in [7, 11) is 0. The first-order chi connectivity index (χ1) is 7.18. The molecule has 6 nitrogen and oxygen atoms in total. The molecule has 0 saturated carbocycles. The van der Waals surface area contributed by atoms with E-state index in [1.54, 1.807) is 0 Å². The molecule has 6 heteroatoms. The van der Waals surface area contributed by atoms with E-state index in [0.717, 1.165) is 25.9 Å². The van der Waals surface area contributed by atoms with Crippen LogP contribution in [0, 0.1) is 0 Å². The van der Waals surface area contributed by atoms with Gasteiger partial charge in [0.05, 0.1) is 0 Å². The average Bonchev–Trinajstić information content (AvgIpc) is 2.24. The van der Waals surface area contributed by atoms with Gasteiger partial charge in [0.1, 0.15) is 5.82 Å². The van der Waals surface area contributed by atoms with Crippen LogP contribution in [0.2, 0.25) is 0 Å². The summed E-state index contributed by atoms with van der Waals surface area (Å²) in [6.07, 6.45) is 2.91. The molecule has 0 aromatic heterocycles. The number of rotatable bonds is 0. The van der Waals surface area contributed by atoms with Gasteiger partial charge in [-0.05, 0) is 19.3 Å². The van der Waals surface area contributed by atoms with Crippen LogP contribution in [0.15, 0.2) is 16.6 Å². The van der Waals surface area contributed by atoms with E-state index < -0.39 is 6.29 Å². The second-order valence-corrected chi connectivity index (χ2v) is 3.85. The molecular formula is C9H17N5O. The Morgan fingerprint density at radius 1 is 1.33 bits per heavy atom. The van der Waals surface area contributed by atoms with E-state index in [1.807, 2.05) is 4.90 Å². The summed E-state index contributed by atoms with van der Waals surface area (Å²) >= 11 is 0. The van der Waals surface area contributed by atoms with Crippen LogP contribution in [0.5, 0.6) is 0 Å². The number of hydrogen-bond donors (Lipinski definition) is 4. The highest BCUT2D eigenvalue weighted by Gasteiger charge is 2.24. The summed E-state index contributed by atoms with van der Waals surface area (Å²) in [4.78, 5) is 6.19. The standard InChI is InChI=1S/C9H17N5O/c10-7-6(15)8(13-9(11)12-7)14-4-2-1-3-5-14/h9,12,15H,1-5,10-11H2. The molecule has 0 aliphatic carbocycles. The zero-order valence-electron chi connectivity index (χ0n) is 8.61. The Kier molecular flexibility index (Phi) is 2.68. The van der Waals surface area contributed by atoms with Crippen molar-refractivity contribution in [2.45, 2.75) is 25.6 Å². The minimum absolute atomic E-state index is 0.0126. The summed E-state index contributed by atoms with van der Waals surface area (Å²) in [6.45, 7) is 1.81. The number of aliphatic hydroxyl groups excluding tert-OH is 1. The Balaban J connectivity index is 2.18. The van der Waals surface area contributed by atoms with Crippen molar-refractivity contribution < 1.29 is 5.11 Å². The van der Waals surface area contributed by atoms with Gasteiger partial charge in [0, 0.05) is 13.1 Å². The maximum absolute atomic E-state index is 9.77. The van der Waals surface area contributed by atoms with Crippen molar-refractivity contribution in [3.05, 3.63) is 11.6 Å². The molecule has 2 aliphatic heterocycles. The molecule has 1 saturated heterocycles. The molecule has 2 aliphatic rings. The fraction of sp³-hybridized carbons (Fsp3) is 0.667. The predicted molar refractivity (Wildman–Crippen MR) is 57.8 cm³/mol. The number of amidine groups is 1. The molecular weight excluding hydrogens is 194 g/mol. The van der Waals surface area contributed by atoms with Crippen LogP contribution in [0.4, 0.5) is 0 Å². The summed E-state index contributed by atoms with van der Waals surface area (Å²) in [6, 6.07) is 0. The van der Waals surface area contributed by atoms with Crippen molar-refractivity contribution in [3.8, 4) is 0 Å². The molecule has 84 valence electrons. The van der Waals surface area contributed by atoms with Gasteiger partial charge in [-0.2, -0.15) is 0 Å². The highest BCUT2D eigenvalue weighted by molar-refractivity contribution is 5.97. The number of piperidine rings is 1. The van der Waals surface area contributed by atoms with E-state index in [9.17, 15) is 5.11 Å². The fourth-order valence-corrected chi connectivity index (χ4v) is 1.91. The summed E-state index contributed by atoms with van der Waals surface area (Å²) < 4.78 is 0. The van der Waals surface area contributed by atoms with Gasteiger partial charge in [0.15, 0.2) is 17.9 Å². The first-order valence-electron chi connectivity index (χ1n) is 5.22. The Hall–Kier alpha value is -1.43. The lowest BCUT2D eigenvalue weighted by Crippen LogP contribution is -2.48. The largest absolute Gasteiger partial charge is 0.502 e. The van der Waals surface area contributed by atoms with Crippen LogP contribution >= 0.6 is 0 Å². The van der Waals surface area contributed by atoms with Gasteiger partial charge in [0.25, 0.3) is 0 Å². The topological polar surface area (TPSA) is 99.9 Å². The smallest absolute Gasteiger partial charge is 0.198 e. The molecule has 0 amide bonds. The number of aliphatic hydroxyl groups is 1. The summed E-state index contributed by atoms with van der Waals surface area (Å²) in [5.41, 5.74) is 11.2. The Bertz CT molecular complexity index is 306. The molecule has 0 bridgehead atoms. The van der Waals surface area contributed by atoms with Gasteiger partial charge in [-0.25, -0.2) is 4.99 Å². The first-order valence-corrected chi connectivity index (χ1v) is 5.22. The van der Waals surface area contributed by atoms with E-state index in [0.29, 0.717) is 5.84 Å². The van der Waals surface area contributed by atoms with E-state index in [1.165, 1.54) is 6.42 Å². The molecule has 0 aromatic carbocycles. The fourth-order valence-electron chi connectivity index (χ4n) is 1.91. The van der Waals surface area contributed by atoms with Crippen LogP contribution in [0.1, 0.15) is 19.3 Å². The molecule has 2 heterocycles. The number of nitrogens with one attached hydrogen (secondary N) is 1. The van der Waals surface area contributed by atoms with E-state index in [-0.39, 0.29) is 11.6 Å². The number of hydrogen-bond acceptors (Lipinski definition) is 6. The highest BCUT2D eigenvalue weighted by atomic mass is 16.3. The van der Waals surface area contributed by atoms with Crippen molar-refractivity contribution in [2.24, 2.45) is 16.5 Å². The van der Waals surface area contributed by atoms with Crippen molar-refractivity contribution in [2.75, 3.05) is 13.1 Å². The van der Waals surface area contributed by atoms with Gasteiger partial charge in [0.2, 0.25) is 0 Å².